The van der Waals surface area contributed by atoms with Crippen LogP contribution in [-0.4, -0.2) is 33.8 Å². The summed E-state index contributed by atoms with van der Waals surface area (Å²) >= 11 is 5.52. The fourth-order valence-corrected chi connectivity index (χ4v) is 1.87. The van der Waals surface area contributed by atoms with Crippen LogP contribution in [0.25, 0.3) is 0 Å². The van der Waals surface area contributed by atoms with E-state index in [9.17, 15) is 15.0 Å². The van der Waals surface area contributed by atoms with Crippen LogP contribution in [0.3, 0.4) is 0 Å². The van der Waals surface area contributed by atoms with Gasteiger partial charge in [0.15, 0.2) is 0 Å². The highest BCUT2D eigenvalue weighted by Crippen LogP contribution is 2.20. The van der Waals surface area contributed by atoms with Gasteiger partial charge in [0.1, 0.15) is 11.7 Å². The van der Waals surface area contributed by atoms with E-state index >= 15 is 0 Å². The molecule has 0 saturated carbocycles. The molecule has 0 aliphatic rings. The molecule has 0 aromatic heterocycles. The van der Waals surface area contributed by atoms with Crippen LogP contribution in [0.15, 0.2) is 24.3 Å². The van der Waals surface area contributed by atoms with E-state index in [1.54, 1.807) is 45.0 Å². The van der Waals surface area contributed by atoms with Gasteiger partial charge in [-0.2, -0.15) is 0 Å². The van der Waals surface area contributed by atoms with Crippen LogP contribution in [0.2, 0.25) is 0 Å². The molecule has 0 radical (unpaired) electrons. The molecule has 0 fully saturated rings. The van der Waals surface area contributed by atoms with Crippen molar-refractivity contribution in [1.29, 1.82) is 0 Å². The van der Waals surface area contributed by atoms with Crippen LogP contribution >= 0.6 is 11.6 Å². The third kappa shape index (κ3) is 5.12. The quantitative estimate of drug-likeness (QED) is 0.648. The maximum Gasteiger partial charge on any atom is 0.338 e. The number of halogens is 1. The molecule has 0 aliphatic carbocycles. The van der Waals surface area contributed by atoms with Crippen molar-refractivity contribution in [3.8, 4) is 0 Å². The Morgan fingerprint density at radius 3 is 2.25 bits per heavy atom. The molecule has 2 atom stereocenters. The number of benzene rings is 1. The smallest absolute Gasteiger partial charge is 0.338 e. The normalized spacial score (nSPS) is 14.7. The molecule has 2 N–H and O–H groups in total. The lowest BCUT2D eigenvalue weighted by Gasteiger charge is -2.20. The molecule has 0 amide bonds. The first-order valence-electron chi connectivity index (χ1n) is 6.50. The number of alkyl halides is 1. The minimum Gasteiger partial charge on any atom is -0.456 e. The Hall–Kier alpha value is -1.10. The van der Waals surface area contributed by atoms with Crippen LogP contribution in [0.1, 0.15) is 49.2 Å². The zero-order valence-corrected chi connectivity index (χ0v) is 12.7. The summed E-state index contributed by atoms with van der Waals surface area (Å²) in [5.41, 5.74) is 0.392. The molecule has 0 bridgehead atoms. The summed E-state index contributed by atoms with van der Waals surface area (Å²) in [7, 11) is 0. The van der Waals surface area contributed by atoms with Gasteiger partial charge >= 0.3 is 5.97 Å². The minimum atomic E-state index is -1.01. The molecule has 0 saturated heterocycles. The molecular formula is C15H21ClO4. The number of aliphatic hydroxyl groups is 2. The highest BCUT2D eigenvalue weighted by Gasteiger charge is 2.20. The lowest BCUT2D eigenvalue weighted by Crippen LogP contribution is -2.24. The van der Waals surface area contributed by atoms with E-state index in [2.05, 4.69) is 0 Å². The van der Waals surface area contributed by atoms with E-state index in [0.29, 0.717) is 17.5 Å². The molecule has 0 aliphatic heterocycles. The second-order valence-electron chi connectivity index (χ2n) is 5.61. The predicted molar refractivity (Wildman–Crippen MR) is 77.9 cm³/mol. The average molecular weight is 301 g/mol. The molecular weight excluding hydrogens is 280 g/mol. The molecule has 1 aromatic rings. The van der Waals surface area contributed by atoms with Crippen molar-refractivity contribution in [2.45, 2.75) is 45.0 Å². The van der Waals surface area contributed by atoms with Crippen LogP contribution < -0.4 is 0 Å². The van der Waals surface area contributed by atoms with Gasteiger partial charge in [0.2, 0.25) is 0 Å². The van der Waals surface area contributed by atoms with Crippen molar-refractivity contribution in [2.75, 3.05) is 5.88 Å². The average Bonchev–Trinajstić information content (AvgIpc) is 2.36. The van der Waals surface area contributed by atoms with Crippen molar-refractivity contribution in [3.63, 3.8) is 0 Å². The second-order valence-corrected chi connectivity index (χ2v) is 5.99. The van der Waals surface area contributed by atoms with Crippen molar-refractivity contribution in [1.82, 2.24) is 0 Å². The highest BCUT2D eigenvalue weighted by molar-refractivity contribution is 6.17. The predicted octanol–water partition coefficient (Wildman–Crippen LogP) is 2.67. The summed E-state index contributed by atoms with van der Waals surface area (Å²) in [4.78, 5) is 11.8. The monoisotopic (exact) mass is 300 g/mol. The number of hydrogen-bond donors (Lipinski definition) is 2. The first kappa shape index (κ1) is 17.0. The van der Waals surface area contributed by atoms with Gasteiger partial charge in [-0.15, -0.1) is 11.6 Å². The van der Waals surface area contributed by atoms with Crippen LogP contribution in [-0.2, 0) is 4.74 Å². The number of rotatable bonds is 5. The Balaban J connectivity index is 2.76. The molecule has 0 heterocycles. The number of ether oxygens (including phenoxy) is 1. The Kier molecular flexibility index (Phi) is 5.99. The maximum atomic E-state index is 11.8. The third-order valence-corrected chi connectivity index (χ3v) is 2.87. The Bertz CT molecular complexity index is 436. The number of hydrogen-bond acceptors (Lipinski definition) is 4. The minimum absolute atomic E-state index is 0.272. The van der Waals surface area contributed by atoms with Gasteiger partial charge in [-0.3, -0.25) is 0 Å². The maximum absolute atomic E-state index is 11.8. The van der Waals surface area contributed by atoms with Gasteiger partial charge in [0.05, 0.1) is 11.7 Å². The fraction of sp³-hybridized carbons (Fsp3) is 0.533. The lowest BCUT2D eigenvalue weighted by atomic mass is 10.0. The summed E-state index contributed by atoms with van der Waals surface area (Å²) in [5.74, 6) is -0.145. The summed E-state index contributed by atoms with van der Waals surface area (Å²) in [6.07, 6.45) is -1.63. The standard InChI is InChI=1S/C15H21ClO4/c1-15(2,3)20-14(19)11-6-4-10(5-7-11)13(18)12(17)8-9-16/h4-7,12-13,17-18H,8-9H2,1-3H3. The summed E-state index contributed by atoms with van der Waals surface area (Å²) < 4.78 is 5.24. The van der Waals surface area contributed by atoms with Crippen molar-refractivity contribution in [2.24, 2.45) is 0 Å². The van der Waals surface area contributed by atoms with E-state index in [1.165, 1.54) is 0 Å². The summed E-state index contributed by atoms with van der Waals surface area (Å²) in [6.45, 7) is 5.39. The van der Waals surface area contributed by atoms with Gasteiger partial charge in [-0.1, -0.05) is 12.1 Å². The van der Waals surface area contributed by atoms with Crippen LogP contribution in [0, 0.1) is 0 Å². The largest absolute Gasteiger partial charge is 0.456 e. The Labute approximate surface area is 124 Å². The first-order chi connectivity index (χ1) is 9.24. The fourth-order valence-electron chi connectivity index (χ4n) is 1.65. The SMILES string of the molecule is CC(C)(C)OC(=O)c1ccc(C(O)C(O)CCCl)cc1. The topological polar surface area (TPSA) is 66.8 Å². The molecule has 1 rings (SSSR count). The van der Waals surface area contributed by atoms with Crippen molar-refractivity contribution >= 4 is 17.6 Å². The molecule has 112 valence electrons. The highest BCUT2D eigenvalue weighted by atomic mass is 35.5. The van der Waals surface area contributed by atoms with Gasteiger partial charge in [0, 0.05) is 5.88 Å². The molecule has 2 unspecified atom stereocenters. The van der Waals surface area contributed by atoms with E-state index in [4.69, 9.17) is 16.3 Å². The molecule has 20 heavy (non-hydrogen) atoms. The zero-order valence-electron chi connectivity index (χ0n) is 12.0. The van der Waals surface area contributed by atoms with Crippen molar-refractivity contribution < 1.29 is 19.7 Å². The van der Waals surface area contributed by atoms with Gasteiger partial charge < -0.3 is 14.9 Å². The van der Waals surface area contributed by atoms with Crippen LogP contribution in [0.5, 0.6) is 0 Å². The van der Waals surface area contributed by atoms with E-state index in [0.717, 1.165) is 0 Å². The van der Waals surface area contributed by atoms with Gasteiger partial charge in [0.25, 0.3) is 0 Å². The van der Waals surface area contributed by atoms with Gasteiger partial charge in [-0.05, 0) is 44.9 Å². The second kappa shape index (κ2) is 7.07. The molecule has 5 heteroatoms. The number of esters is 1. The number of aliphatic hydroxyl groups excluding tert-OH is 2. The summed E-state index contributed by atoms with van der Waals surface area (Å²) in [5, 5.41) is 19.6. The third-order valence-electron chi connectivity index (χ3n) is 2.66. The Morgan fingerprint density at radius 1 is 1.25 bits per heavy atom. The lowest BCUT2D eigenvalue weighted by molar-refractivity contribution is 0.00686. The van der Waals surface area contributed by atoms with Crippen LogP contribution in [0.4, 0.5) is 0 Å². The number of carbonyl (C=O) groups is 1. The Morgan fingerprint density at radius 2 is 1.80 bits per heavy atom. The van der Waals surface area contributed by atoms with Gasteiger partial charge in [-0.25, -0.2) is 4.79 Å². The first-order valence-corrected chi connectivity index (χ1v) is 7.03. The number of carbonyl (C=O) groups excluding carboxylic acids is 1. The van der Waals surface area contributed by atoms with E-state index < -0.39 is 23.8 Å². The summed E-state index contributed by atoms with van der Waals surface area (Å²) in [6, 6.07) is 6.34. The molecule has 0 spiro atoms. The van der Waals surface area contributed by atoms with E-state index in [-0.39, 0.29) is 5.88 Å². The van der Waals surface area contributed by atoms with E-state index in [1.807, 2.05) is 0 Å². The molecule has 1 aromatic carbocycles. The molecule has 4 nitrogen and oxygen atoms in total. The zero-order chi connectivity index (χ0) is 15.3. The van der Waals surface area contributed by atoms with Crippen molar-refractivity contribution in [3.05, 3.63) is 35.4 Å².